The molecule has 13 heteroatoms. The van der Waals surface area contributed by atoms with Gasteiger partial charge in [-0.3, -0.25) is 0 Å². The van der Waals surface area contributed by atoms with Gasteiger partial charge in [0.25, 0.3) is 0 Å². The van der Waals surface area contributed by atoms with E-state index in [1.165, 1.54) is 0 Å². The van der Waals surface area contributed by atoms with E-state index >= 15 is 0 Å². The quantitative estimate of drug-likeness (QED) is 0.506. The molecule has 3 rings (SSSR count). The van der Waals surface area contributed by atoms with Crippen LogP contribution in [0.3, 0.4) is 0 Å². The molecule has 2 aromatic carbocycles. The first-order valence-corrected chi connectivity index (χ1v) is 10.1. The Morgan fingerprint density at radius 1 is 0.935 bits per heavy atom. The third-order valence-electron chi connectivity index (χ3n) is 3.94. The lowest BCUT2D eigenvalue weighted by Gasteiger charge is -2.11. The Morgan fingerprint density at radius 2 is 1.55 bits per heavy atom. The van der Waals surface area contributed by atoms with Crippen LogP contribution < -0.4 is 4.74 Å². The second-order valence-electron chi connectivity index (χ2n) is 6.28. The number of alkyl halides is 6. The van der Waals surface area contributed by atoms with Crippen molar-refractivity contribution in [2.75, 3.05) is 6.26 Å². The van der Waals surface area contributed by atoms with Gasteiger partial charge in [0, 0.05) is 11.8 Å². The lowest BCUT2D eigenvalue weighted by atomic mass is 10.1. The Balaban J connectivity index is 2.12. The Labute approximate surface area is 170 Å². The SMILES string of the molecule is CS(=O)(=O)c1ccc(-c2cc(C(F)(F)F)nn2-c2ccc(OC(F)(F)F)cc2)cc1F. The van der Waals surface area contributed by atoms with Crippen LogP contribution in [-0.4, -0.2) is 30.8 Å². The molecule has 0 aliphatic carbocycles. The zero-order valence-corrected chi connectivity index (χ0v) is 16.1. The maximum absolute atomic E-state index is 14.3. The maximum Gasteiger partial charge on any atom is 0.573 e. The van der Waals surface area contributed by atoms with Crippen LogP contribution in [0.4, 0.5) is 30.7 Å². The van der Waals surface area contributed by atoms with Crippen molar-refractivity contribution in [3.05, 3.63) is 60.0 Å². The van der Waals surface area contributed by atoms with Crippen molar-refractivity contribution >= 4 is 9.84 Å². The molecule has 0 N–H and O–H groups in total. The Hall–Kier alpha value is -3.09. The summed E-state index contributed by atoms with van der Waals surface area (Å²) in [4.78, 5) is -0.646. The number of ether oxygens (including phenoxy) is 1. The zero-order chi connectivity index (χ0) is 23.2. The molecule has 0 saturated heterocycles. The van der Waals surface area contributed by atoms with Crippen LogP contribution in [0.2, 0.25) is 0 Å². The van der Waals surface area contributed by atoms with Crippen molar-refractivity contribution < 1.29 is 43.9 Å². The van der Waals surface area contributed by atoms with Gasteiger partial charge in [-0.2, -0.15) is 18.3 Å². The third kappa shape index (κ3) is 5.16. The van der Waals surface area contributed by atoms with Crippen molar-refractivity contribution in [2.24, 2.45) is 0 Å². The molecular formula is C18H11F7N2O3S. The molecule has 31 heavy (non-hydrogen) atoms. The molecule has 0 saturated carbocycles. The highest BCUT2D eigenvalue weighted by molar-refractivity contribution is 7.90. The van der Waals surface area contributed by atoms with Gasteiger partial charge in [-0.1, -0.05) is 6.07 Å². The standard InChI is InChI=1S/C18H11F7N2O3S/c1-31(28,29)15-7-2-10(8-13(15)19)14-9-16(17(20,21)22)26-27(14)11-3-5-12(6-4-11)30-18(23,24)25/h2-9H,1H3. The Bertz CT molecular complexity index is 1210. The smallest absolute Gasteiger partial charge is 0.406 e. The van der Waals surface area contributed by atoms with Crippen molar-refractivity contribution in [1.29, 1.82) is 0 Å². The minimum atomic E-state index is -4.96. The largest absolute Gasteiger partial charge is 0.573 e. The molecule has 0 radical (unpaired) electrons. The Morgan fingerprint density at radius 3 is 2.03 bits per heavy atom. The molecule has 5 nitrogen and oxygen atoms in total. The fraction of sp³-hybridized carbons (Fsp3) is 0.167. The molecule has 0 bridgehead atoms. The molecule has 0 fully saturated rings. The number of aromatic nitrogens is 2. The number of sulfone groups is 1. The van der Waals surface area contributed by atoms with Crippen LogP contribution in [0, 0.1) is 5.82 Å². The highest BCUT2D eigenvalue weighted by Crippen LogP contribution is 2.34. The van der Waals surface area contributed by atoms with Gasteiger partial charge in [0.05, 0.1) is 11.4 Å². The van der Waals surface area contributed by atoms with Crippen LogP contribution in [-0.2, 0) is 16.0 Å². The summed E-state index contributed by atoms with van der Waals surface area (Å²) >= 11 is 0. The predicted octanol–water partition coefficient (Wildman–Crippen LogP) is 5.00. The number of hydrogen-bond acceptors (Lipinski definition) is 4. The molecule has 0 unspecified atom stereocenters. The van der Waals surface area contributed by atoms with E-state index in [-0.39, 0.29) is 16.9 Å². The summed E-state index contributed by atoms with van der Waals surface area (Å²) in [5.41, 5.74) is -1.82. The second-order valence-corrected chi connectivity index (χ2v) is 8.27. The summed E-state index contributed by atoms with van der Waals surface area (Å²) in [6.45, 7) is 0. The molecule has 1 aromatic heterocycles. The minimum Gasteiger partial charge on any atom is -0.406 e. The van der Waals surface area contributed by atoms with Crippen molar-refractivity contribution in [2.45, 2.75) is 17.4 Å². The highest BCUT2D eigenvalue weighted by Gasteiger charge is 2.35. The van der Waals surface area contributed by atoms with Crippen LogP contribution in [0.1, 0.15) is 5.69 Å². The molecule has 3 aromatic rings. The number of nitrogens with zero attached hydrogens (tertiary/aromatic N) is 2. The van der Waals surface area contributed by atoms with Crippen LogP contribution in [0.5, 0.6) is 5.75 Å². The summed E-state index contributed by atoms with van der Waals surface area (Å²) in [5.74, 6) is -1.79. The molecule has 0 spiro atoms. The first kappa shape index (κ1) is 22.6. The second kappa shape index (κ2) is 7.55. The molecular weight excluding hydrogens is 457 g/mol. The van der Waals surface area contributed by atoms with Gasteiger partial charge in [0.15, 0.2) is 15.5 Å². The summed E-state index contributed by atoms with van der Waals surface area (Å²) in [6, 6.07) is 7.11. The van der Waals surface area contributed by atoms with Crippen LogP contribution >= 0.6 is 0 Å². The average molecular weight is 468 g/mol. The normalized spacial score (nSPS) is 12.8. The number of benzene rings is 2. The lowest BCUT2D eigenvalue weighted by Crippen LogP contribution is -2.17. The minimum absolute atomic E-state index is 0.0763. The van der Waals surface area contributed by atoms with Crippen molar-refractivity contribution in [1.82, 2.24) is 9.78 Å². The lowest BCUT2D eigenvalue weighted by molar-refractivity contribution is -0.274. The van der Waals surface area contributed by atoms with Gasteiger partial charge in [-0.25, -0.2) is 17.5 Å². The van der Waals surface area contributed by atoms with E-state index in [2.05, 4.69) is 9.84 Å². The molecule has 0 amide bonds. The number of hydrogen-bond donors (Lipinski definition) is 0. The fourth-order valence-electron chi connectivity index (χ4n) is 2.67. The van der Waals surface area contributed by atoms with Crippen molar-refractivity contribution in [3.8, 4) is 22.7 Å². The van der Waals surface area contributed by atoms with Gasteiger partial charge < -0.3 is 4.74 Å². The van der Waals surface area contributed by atoms with Gasteiger partial charge >= 0.3 is 12.5 Å². The summed E-state index contributed by atoms with van der Waals surface area (Å²) in [5, 5.41) is 3.42. The number of rotatable bonds is 4. The van der Waals surface area contributed by atoms with E-state index in [0.717, 1.165) is 53.4 Å². The zero-order valence-electron chi connectivity index (χ0n) is 15.3. The molecule has 0 aliphatic heterocycles. The first-order valence-electron chi connectivity index (χ1n) is 8.18. The summed E-state index contributed by atoms with van der Waals surface area (Å²) < 4.78 is 118. The van der Waals surface area contributed by atoms with Gasteiger partial charge in [0.1, 0.15) is 16.5 Å². The van der Waals surface area contributed by atoms with E-state index in [0.29, 0.717) is 6.07 Å². The molecule has 166 valence electrons. The van der Waals surface area contributed by atoms with Gasteiger partial charge in [-0.15, -0.1) is 13.2 Å². The maximum atomic E-state index is 14.3. The van der Waals surface area contributed by atoms with Crippen molar-refractivity contribution in [3.63, 3.8) is 0 Å². The van der Waals surface area contributed by atoms with Crippen LogP contribution in [0.25, 0.3) is 16.9 Å². The average Bonchev–Trinajstić information content (AvgIpc) is 3.05. The Kier molecular flexibility index (Phi) is 5.50. The fourth-order valence-corrected chi connectivity index (χ4v) is 3.40. The molecule has 0 atom stereocenters. The molecule has 0 aliphatic rings. The monoisotopic (exact) mass is 468 g/mol. The van der Waals surface area contributed by atoms with E-state index in [1.807, 2.05) is 0 Å². The van der Waals surface area contributed by atoms with E-state index in [1.54, 1.807) is 0 Å². The highest BCUT2D eigenvalue weighted by atomic mass is 32.2. The van der Waals surface area contributed by atoms with E-state index < -0.39 is 44.5 Å². The van der Waals surface area contributed by atoms with Gasteiger partial charge in [-0.05, 0) is 42.5 Å². The summed E-state index contributed by atoms with van der Waals surface area (Å²) in [6.07, 6.45) is -9.06. The first-order chi connectivity index (χ1) is 14.1. The van der Waals surface area contributed by atoms with Crippen LogP contribution in [0.15, 0.2) is 53.4 Å². The van der Waals surface area contributed by atoms with E-state index in [4.69, 9.17) is 0 Å². The molecule has 1 heterocycles. The van der Waals surface area contributed by atoms with E-state index in [9.17, 15) is 39.2 Å². The predicted molar refractivity (Wildman–Crippen MR) is 93.8 cm³/mol. The third-order valence-corrected chi connectivity index (χ3v) is 5.07. The van der Waals surface area contributed by atoms with Gasteiger partial charge in [0.2, 0.25) is 0 Å². The number of halogens is 7. The topological polar surface area (TPSA) is 61.2 Å². The summed E-state index contributed by atoms with van der Waals surface area (Å²) in [7, 11) is -3.92.